The highest BCUT2D eigenvalue weighted by atomic mass is 19.1. The number of aliphatic hydroxyl groups excluding tert-OH is 1. The molecule has 0 bridgehead atoms. The van der Waals surface area contributed by atoms with E-state index in [4.69, 9.17) is 0 Å². The average Bonchev–Trinajstić information content (AvgIpc) is 2.81. The van der Waals surface area contributed by atoms with E-state index in [0.717, 1.165) is 31.7 Å². The molecule has 0 radical (unpaired) electrons. The lowest BCUT2D eigenvalue weighted by Crippen LogP contribution is -2.33. The van der Waals surface area contributed by atoms with E-state index in [1.54, 1.807) is 6.92 Å². The maximum Gasteiger partial charge on any atom is 0.257 e. The Hall–Kier alpha value is -1.69. The van der Waals surface area contributed by atoms with Crippen LogP contribution in [0.15, 0.2) is 6.07 Å². The number of aromatic hydroxyl groups is 1. The molecular weight excluding hydrogens is 304 g/mol. The number of fused-ring (bicyclic) bond motifs is 1. The molecule has 0 saturated heterocycles. The molecule has 126 valence electrons. The predicted molar refractivity (Wildman–Crippen MR) is 79.9 cm³/mol. The zero-order chi connectivity index (χ0) is 16.7. The number of carbonyl (C=O) groups excluding carboxylic acids is 1. The van der Waals surface area contributed by atoms with Gasteiger partial charge in [-0.25, -0.2) is 8.78 Å². The van der Waals surface area contributed by atoms with Crippen molar-refractivity contribution < 1.29 is 23.8 Å². The van der Waals surface area contributed by atoms with Crippen LogP contribution in [0.2, 0.25) is 0 Å². The summed E-state index contributed by atoms with van der Waals surface area (Å²) in [5, 5.41) is 19.0. The number of rotatable bonds is 3. The van der Waals surface area contributed by atoms with Gasteiger partial charge >= 0.3 is 0 Å². The van der Waals surface area contributed by atoms with Crippen LogP contribution < -0.4 is 0 Å². The molecule has 1 saturated carbocycles. The molecule has 1 aromatic carbocycles. The van der Waals surface area contributed by atoms with Gasteiger partial charge < -0.3 is 15.1 Å². The molecule has 6 heteroatoms. The summed E-state index contributed by atoms with van der Waals surface area (Å²) in [6.45, 7) is 2.48. The Balaban J connectivity index is 1.68. The zero-order valence-electron chi connectivity index (χ0n) is 13.1. The van der Waals surface area contributed by atoms with Crippen molar-refractivity contribution in [2.75, 3.05) is 6.54 Å². The molecule has 4 nitrogen and oxygen atoms in total. The molecule has 3 rings (SSSR count). The lowest BCUT2D eigenvalue weighted by atomic mass is 9.79. The molecule has 1 fully saturated rings. The van der Waals surface area contributed by atoms with Crippen LogP contribution >= 0.6 is 0 Å². The maximum atomic E-state index is 13.9. The molecule has 2 N–H and O–H groups in total. The highest BCUT2D eigenvalue weighted by Gasteiger charge is 2.35. The first-order valence-corrected chi connectivity index (χ1v) is 8.05. The predicted octanol–water partition coefficient (Wildman–Crippen LogP) is 2.81. The maximum absolute atomic E-state index is 13.9. The number of carbonyl (C=O) groups is 1. The van der Waals surface area contributed by atoms with Gasteiger partial charge in [0.25, 0.3) is 5.91 Å². The second-order valence-corrected chi connectivity index (χ2v) is 6.76. The van der Waals surface area contributed by atoms with Gasteiger partial charge in [-0.1, -0.05) is 0 Å². The van der Waals surface area contributed by atoms with Crippen molar-refractivity contribution in [3.05, 3.63) is 28.8 Å². The van der Waals surface area contributed by atoms with Gasteiger partial charge in [-0.15, -0.1) is 0 Å². The monoisotopic (exact) mass is 325 g/mol. The van der Waals surface area contributed by atoms with Gasteiger partial charge in [0.15, 0.2) is 17.4 Å². The lowest BCUT2D eigenvalue weighted by molar-refractivity contribution is 0.0645. The number of phenols is 1. The molecule has 1 aromatic rings. The Labute approximate surface area is 133 Å². The van der Waals surface area contributed by atoms with Crippen LogP contribution in [0.5, 0.6) is 5.75 Å². The number of hydrogen-bond acceptors (Lipinski definition) is 3. The number of aliphatic hydroxyl groups is 1. The first kappa shape index (κ1) is 16.2. The van der Waals surface area contributed by atoms with Gasteiger partial charge in [-0.3, -0.25) is 4.79 Å². The van der Waals surface area contributed by atoms with E-state index < -0.39 is 23.3 Å². The molecule has 0 aromatic heterocycles. The first-order chi connectivity index (χ1) is 10.9. The number of phenolic OH excluding ortho intramolecular Hbond substituents is 1. The average molecular weight is 325 g/mol. The highest BCUT2D eigenvalue weighted by molar-refractivity contribution is 5.99. The fourth-order valence-corrected chi connectivity index (χ4v) is 3.76. The standard InChI is InChI=1S/C17H21F2NO3/c1-9(21)11-4-2-10(3-5-11)7-20-8-12-6-13(18)16(22)15(19)14(12)17(20)23/h6,9-11,21-22H,2-5,7-8H2,1H3. The van der Waals surface area contributed by atoms with Crippen LogP contribution in [0, 0.1) is 23.5 Å². The smallest absolute Gasteiger partial charge is 0.257 e. The summed E-state index contributed by atoms with van der Waals surface area (Å²) in [5.74, 6) is -3.15. The molecule has 0 spiro atoms. The summed E-state index contributed by atoms with van der Waals surface area (Å²) in [6.07, 6.45) is 3.35. The van der Waals surface area contributed by atoms with Crippen molar-refractivity contribution in [2.24, 2.45) is 11.8 Å². The van der Waals surface area contributed by atoms with Gasteiger partial charge in [0.1, 0.15) is 0 Å². The molecule has 1 amide bonds. The van der Waals surface area contributed by atoms with Crippen molar-refractivity contribution in [2.45, 2.75) is 45.3 Å². The minimum atomic E-state index is -1.16. The van der Waals surface area contributed by atoms with E-state index in [9.17, 15) is 23.8 Å². The SMILES string of the molecule is CC(O)C1CCC(CN2Cc3cc(F)c(O)c(F)c3C2=O)CC1. The second kappa shape index (κ2) is 6.07. The Bertz CT molecular complexity index is 625. The lowest BCUT2D eigenvalue weighted by Gasteiger charge is -2.32. The zero-order valence-corrected chi connectivity index (χ0v) is 13.1. The van der Waals surface area contributed by atoms with Gasteiger partial charge in [0, 0.05) is 13.1 Å². The normalized spacial score (nSPS) is 25.6. The molecule has 1 unspecified atom stereocenters. The topological polar surface area (TPSA) is 60.8 Å². The number of amides is 1. The van der Waals surface area contributed by atoms with E-state index in [2.05, 4.69) is 0 Å². The largest absolute Gasteiger partial charge is 0.503 e. The van der Waals surface area contributed by atoms with Crippen molar-refractivity contribution in [1.82, 2.24) is 4.90 Å². The Morgan fingerprint density at radius 1 is 1.30 bits per heavy atom. The quantitative estimate of drug-likeness (QED) is 0.898. The summed E-state index contributed by atoms with van der Waals surface area (Å²) >= 11 is 0. The fraction of sp³-hybridized carbons (Fsp3) is 0.588. The van der Waals surface area contributed by atoms with E-state index >= 15 is 0 Å². The van der Waals surface area contributed by atoms with Crippen LogP contribution in [0.4, 0.5) is 8.78 Å². The van der Waals surface area contributed by atoms with E-state index in [1.165, 1.54) is 4.90 Å². The summed E-state index contributed by atoms with van der Waals surface area (Å²) < 4.78 is 27.4. The van der Waals surface area contributed by atoms with E-state index in [0.29, 0.717) is 23.9 Å². The highest BCUT2D eigenvalue weighted by Crippen LogP contribution is 2.35. The molecule has 2 aliphatic rings. The fourth-order valence-electron chi connectivity index (χ4n) is 3.76. The third kappa shape index (κ3) is 2.92. The van der Waals surface area contributed by atoms with Crippen molar-refractivity contribution in [3.8, 4) is 5.75 Å². The summed E-state index contributed by atoms with van der Waals surface area (Å²) in [4.78, 5) is 13.9. The molecule has 23 heavy (non-hydrogen) atoms. The van der Waals surface area contributed by atoms with Crippen molar-refractivity contribution >= 4 is 5.91 Å². The summed E-state index contributed by atoms with van der Waals surface area (Å²) in [7, 11) is 0. The van der Waals surface area contributed by atoms with Crippen LogP contribution in [0.1, 0.15) is 48.5 Å². The number of hydrogen-bond donors (Lipinski definition) is 2. The summed E-state index contributed by atoms with van der Waals surface area (Å²) in [5.41, 5.74) is 0.0852. The number of halogens is 2. The van der Waals surface area contributed by atoms with E-state index in [1.807, 2.05) is 0 Å². The minimum absolute atomic E-state index is 0.179. The van der Waals surface area contributed by atoms with Crippen LogP contribution in [-0.4, -0.2) is 33.7 Å². The molecule has 1 aliphatic heterocycles. The molecular formula is C17H21F2NO3. The van der Waals surface area contributed by atoms with Crippen LogP contribution in [0.3, 0.4) is 0 Å². The molecule has 1 aliphatic carbocycles. The third-order valence-corrected chi connectivity index (χ3v) is 5.19. The second-order valence-electron chi connectivity index (χ2n) is 6.76. The Morgan fingerprint density at radius 2 is 1.96 bits per heavy atom. The molecule has 1 heterocycles. The van der Waals surface area contributed by atoms with Crippen molar-refractivity contribution in [3.63, 3.8) is 0 Å². The Kier molecular flexibility index (Phi) is 4.27. The van der Waals surface area contributed by atoms with E-state index in [-0.39, 0.29) is 18.2 Å². The number of benzene rings is 1. The van der Waals surface area contributed by atoms with Gasteiger partial charge in [0.2, 0.25) is 0 Å². The van der Waals surface area contributed by atoms with Gasteiger partial charge in [-0.05, 0) is 56.1 Å². The van der Waals surface area contributed by atoms with Gasteiger partial charge in [0.05, 0.1) is 11.7 Å². The third-order valence-electron chi connectivity index (χ3n) is 5.19. The Morgan fingerprint density at radius 3 is 2.57 bits per heavy atom. The van der Waals surface area contributed by atoms with Crippen LogP contribution in [0.25, 0.3) is 0 Å². The van der Waals surface area contributed by atoms with Crippen LogP contribution in [-0.2, 0) is 6.54 Å². The van der Waals surface area contributed by atoms with Crippen molar-refractivity contribution in [1.29, 1.82) is 0 Å². The first-order valence-electron chi connectivity index (χ1n) is 8.05. The molecule has 1 atom stereocenters. The summed E-state index contributed by atoms with van der Waals surface area (Å²) in [6, 6.07) is 1.04. The van der Waals surface area contributed by atoms with Gasteiger partial charge in [-0.2, -0.15) is 0 Å². The number of nitrogens with zero attached hydrogens (tertiary/aromatic N) is 1. The minimum Gasteiger partial charge on any atom is -0.503 e.